The summed E-state index contributed by atoms with van der Waals surface area (Å²) in [6.07, 6.45) is 3.78. The molecule has 3 aromatic rings. The van der Waals surface area contributed by atoms with Gasteiger partial charge in [0, 0.05) is 29.0 Å². The summed E-state index contributed by atoms with van der Waals surface area (Å²) in [5, 5.41) is 1.18. The standard InChI is InChI=1S/C13H10N2/c1-2-5-12-10(4-1)11(7-9-15-12)13-6-3-8-14-13/h1-9,14H. The molecule has 0 radical (unpaired) electrons. The highest BCUT2D eigenvalue weighted by molar-refractivity contribution is 5.93. The Morgan fingerprint density at radius 1 is 0.933 bits per heavy atom. The second-order valence-electron chi connectivity index (χ2n) is 3.46. The van der Waals surface area contributed by atoms with E-state index in [0.29, 0.717) is 0 Å². The maximum atomic E-state index is 4.34. The van der Waals surface area contributed by atoms with E-state index in [4.69, 9.17) is 0 Å². The molecule has 0 amide bonds. The lowest BCUT2D eigenvalue weighted by atomic mass is 10.1. The molecule has 0 fully saturated rings. The Labute approximate surface area is 87.6 Å². The van der Waals surface area contributed by atoms with Gasteiger partial charge in [0.05, 0.1) is 5.52 Å². The van der Waals surface area contributed by atoms with Gasteiger partial charge in [0.2, 0.25) is 0 Å². The first-order valence-corrected chi connectivity index (χ1v) is 4.93. The van der Waals surface area contributed by atoms with Gasteiger partial charge in [-0.15, -0.1) is 0 Å². The van der Waals surface area contributed by atoms with Crippen LogP contribution in [0.3, 0.4) is 0 Å². The molecule has 15 heavy (non-hydrogen) atoms. The van der Waals surface area contributed by atoms with Crippen LogP contribution in [0.5, 0.6) is 0 Å². The van der Waals surface area contributed by atoms with E-state index in [-0.39, 0.29) is 0 Å². The highest BCUT2D eigenvalue weighted by Crippen LogP contribution is 2.25. The maximum Gasteiger partial charge on any atom is 0.0708 e. The van der Waals surface area contributed by atoms with Gasteiger partial charge in [-0.25, -0.2) is 0 Å². The molecule has 2 aromatic heterocycles. The van der Waals surface area contributed by atoms with E-state index in [2.05, 4.69) is 22.1 Å². The molecule has 0 atom stereocenters. The molecule has 3 rings (SSSR count). The Hall–Kier alpha value is -2.09. The van der Waals surface area contributed by atoms with E-state index in [0.717, 1.165) is 11.2 Å². The van der Waals surface area contributed by atoms with Crippen LogP contribution in [0.2, 0.25) is 0 Å². The summed E-state index contributed by atoms with van der Waals surface area (Å²) in [7, 11) is 0. The topological polar surface area (TPSA) is 28.7 Å². The van der Waals surface area contributed by atoms with Crippen molar-refractivity contribution in [1.82, 2.24) is 9.97 Å². The van der Waals surface area contributed by atoms with Gasteiger partial charge in [-0.3, -0.25) is 4.98 Å². The number of nitrogens with one attached hydrogen (secondary N) is 1. The van der Waals surface area contributed by atoms with E-state index in [1.54, 1.807) is 0 Å². The Morgan fingerprint density at radius 3 is 2.73 bits per heavy atom. The van der Waals surface area contributed by atoms with Crippen molar-refractivity contribution < 1.29 is 0 Å². The quantitative estimate of drug-likeness (QED) is 0.633. The first kappa shape index (κ1) is 8.24. The summed E-state index contributed by atoms with van der Waals surface area (Å²) in [4.78, 5) is 7.56. The van der Waals surface area contributed by atoms with Crippen LogP contribution in [-0.2, 0) is 0 Å². The lowest BCUT2D eigenvalue weighted by Gasteiger charge is -2.03. The summed E-state index contributed by atoms with van der Waals surface area (Å²) in [5.74, 6) is 0. The molecule has 2 nitrogen and oxygen atoms in total. The minimum absolute atomic E-state index is 1.03. The third-order valence-corrected chi connectivity index (χ3v) is 2.54. The molecule has 2 heterocycles. The van der Waals surface area contributed by atoms with Crippen LogP contribution >= 0.6 is 0 Å². The summed E-state index contributed by atoms with van der Waals surface area (Å²) in [5.41, 5.74) is 3.36. The highest BCUT2D eigenvalue weighted by atomic mass is 14.7. The van der Waals surface area contributed by atoms with Crippen LogP contribution in [0.25, 0.3) is 22.2 Å². The molecule has 0 saturated heterocycles. The molecular formula is C13H10N2. The molecule has 72 valence electrons. The van der Waals surface area contributed by atoms with Crippen molar-refractivity contribution in [1.29, 1.82) is 0 Å². The average molecular weight is 194 g/mol. The normalized spacial score (nSPS) is 10.7. The van der Waals surface area contributed by atoms with E-state index < -0.39 is 0 Å². The summed E-state index contributed by atoms with van der Waals surface area (Å²) in [6, 6.07) is 14.3. The van der Waals surface area contributed by atoms with Crippen molar-refractivity contribution in [2.45, 2.75) is 0 Å². The monoisotopic (exact) mass is 194 g/mol. The Morgan fingerprint density at radius 2 is 1.87 bits per heavy atom. The van der Waals surface area contributed by atoms with Crippen molar-refractivity contribution in [2.24, 2.45) is 0 Å². The number of H-pyrrole nitrogens is 1. The molecule has 0 aliphatic carbocycles. The zero-order valence-electron chi connectivity index (χ0n) is 8.14. The van der Waals surface area contributed by atoms with Crippen LogP contribution in [0, 0.1) is 0 Å². The van der Waals surface area contributed by atoms with Gasteiger partial charge in [-0.05, 0) is 24.3 Å². The lowest BCUT2D eigenvalue weighted by molar-refractivity contribution is 1.37. The first-order chi connectivity index (χ1) is 7.45. The second kappa shape index (κ2) is 3.24. The van der Waals surface area contributed by atoms with Gasteiger partial charge in [-0.2, -0.15) is 0 Å². The van der Waals surface area contributed by atoms with Gasteiger partial charge < -0.3 is 4.98 Å². The Bertz CT molecular complexity index is 577. The van der Waals surface area contributed by atoms with Crippen molar-refractivity contribution in [3.8, 4) is 11.3 Å². The van der Waals surface area contributed by atoms with Crippen LogP contribution in [0.4, 0.5) is 0 Å². The molecule has 0 spiro atoms. The predicted octanol–water partition coefficient (Wildman–Crippen LogP) is 3.23. The van der Waals surface area contributed by atoms with Crippen molar-refractivity contribution >= 4 is 10.9 Å². The number of aromatic nitrogens is 2. The van der Waals surface area contributed by atoms with Crippen molar-refractivity contribution in [2.75, 3.05) is 0 Å². The molecule has 2 heteroatoms. The maximum absolute atomic E-state index is 4.34. The molecule has 0 unspecified atom stereocenters. The smallest absolute Gasteiger partial charge is 0.0708 e. The SMILES string of the molecule is c1c[nH]c(-c2ccnc3ccccc23)c1. The van der Waals surface area contributed by atoms with E-state index in [1.165, 1.54) is 10.9 Å². The van der Waals surface area contributed by atoms with Crippen LogP contribution < -0.4 is 0 Å². The molecular weight excluding hydrogens is 184 g/mol. The predicted molar refractivity (Wildman–Crippen MR) is 61.5 cm³/mol. The molecule has 0 saturated carbocycles. The van der Waals surface area contributed by atoms with Gasteiger partial charge in [-0.1, -0.05) is 18.2 Å². The van der Waals surface area contributed by atoms with E-state index in [9.17, 15) is 0 Å². The molecule has 1 N–H and O–H groups in total. The number of para-hydroxylation sites is 1. The van der Waals surface area contributed by atoms with Crippen LogP contribution in [0.1, 0.15) is 0 Å². The number of pyridine rings is 1. The number of fused-ring (bicyclic) bond motifs is 1. The highest BCUT2D eigenvalue weighted by Gasteiger charge is 2.03. The van der Waals surface area contributed by atoms with Gasteiger partial charge in [0.25, 0.3) is 0 Å². The van der Waals surface area contributed by atoms with E-state index in [1.807, 2.05) is 42.7 Å². The van der Waals surface area contributed by atoms with Gasteiger partial charge in [0.15, 0.2) is 0 Å². The number of hydrogen-bond donors (Lipinski definition) is 1. The fraction of sp³-hybridized carbons (Fsp3) is 0. The minimum atomic E-state index is 1.03. The number of hydrogen-bond acceptors (Lipinski definition) is 1. The van der Waals surface area contributed by atoms with Crippen LogP contribution in [0.15, 0.2) is 54.9 Å². The molecule has 0 aliphatic heterocycles. The van der Waals surface area contributed by atoms with Gasteiger partial charge >= 0.3 is 0 Å². The zero-order chi connectivity index (χ0) is 10.1. The van der Waals surface area contributed by atoms with Crippen molar-refractivity contribution in [3.63, 3.8) is 0 Å². The van der Waals surface area contributed by atoms with E-state index >= 15 is 0 Å². The number of aromatic amines is 1. The summed E-state index contributed by atoms with van der Waals surface area (Å²) < 4.78 is 0. The zero-order valence-corrected chi connectivity index (χ0v) is 8.14. The largest absolute Gasteiger partial charge is 0.361 e. The molecule has 0 bridgehead atoms. The van der Waals surface area contributed by atoms with Crippen molar-refractivity contribution in [3.05, 3.63) is 54.9 Å². The first-order valence-electron chi connectivity index (χ1n) is 4.93. The Balaban J connectivity index is 2.36. The molecule has 1 aromatic carbocycles. The average Bonchev–Trinajstić information content (AvgIpc) is 2.82. The fourth-order valence-electron chi connectivity index (χ4n) is 1.83. The van der Waals surface area contributed by atoms with Crippen LogP contribution in [-0.4, -0.2) is 9.97 Å². The fourth-order valence-corrected chi connectivity index (χ4v) is 1.83. The molecule has 0 aliphatic rings. The van der Waals surface area contributed by atoms with Gasteiger partial charge in [0.1, 0.15) is 0 Å². The number of nitrogens with zero attached hydrogens (tertiary/aromatic N) is 1. The number of rotatable bonds is 1. The third kappa shape index (κ3) is 1.31. The summed E-state index contributed by atoms with van der Waals surface area (Å²) in [6.45, 7) is 0. The minimum Gasteiger partial charge on any atom is -0.361 e. The lowest BCUT2D eigenvalue weighted by Crippen LogP contribution is -1.83. The third-order valence-electron chi connectivity index (χ3n) is 2.54. The number of benzene rings is 1. The summed E-state index contributed by atoms with van der Waals surface area (Å²) >= 11 is 0. The second-order valence-corrected chi connectivity index (χ2v) is 3.46. The Kier molecular flexibility index (Phi) is 1.78.